The molecule has 0 saturated heterocycles. The van der Waals surface area contributed by atoms with Crippen LogP contribution in [0.25, 0.3) is 0 Å². The third-order valence-electron chi connectivity index (χ3n) is 3.67. The van der Waals surface area contributed by atoms with Gasteiger partial charge in [-0.05, 0) is 46.2 Å². The topological polar surface area (TPSA) is 51.5 Å². The van der Waals surface area contributed by atoms with Gasteiger partial charge in [0.2, 0.25) is 0 Å². The van der Waals surface area contributed by atoms with E-state index in [2.05, 4.69) is 0 Å². The number of hydrogen-bond acceptors (Lipinski definition) is 4. The molecule has 0 bridgehead atoms. The molecule has 4 nitrogen and oxygen atoms in total. The van der Waals surface area contributed by atoms with E-state index in [1.165, 1.54) is 51.2 Å². The maximum atomic E-state index is 6.98. The molecule has 0 aromatic rings. The van der Waals surface area contributed by atoms with Crippen LogP contribution in [-0.4, -0.2) is 34.8 Å². The van der Waals surface area contributed by atoms with Crippen LogP contribution in [0.5, 0.6) is 0 Å². The number of rotatable bonds is 17. The first-order valence-electron chi connectivity index (χ1n) is 9.15. The van der Waals surface area contributed by atoms with E-state index in [1.54, 1.807) is 0 Å². The SMILES string of the molecule is CCO[Si](CCCCCCCCCCC=N)(OCC)OCC. The van der Waals surface area contributed by atoms with Crippen molar-refractivity contribution in [3.8, 4) is 0 Å². The normalized spacial score (nSPS) is 11.8. The Kier molecular flexibility index (Phi) is 15.5. The first-order chi connectivity index (χ1) is 10.7. The summed E-state index contributed by atoms with van der Waals surface area (Å²) in [6.07, 6.45) is 12.5. The fourth-order valence-corrected chi connectivity index (χ4v) is 5.34. The standard InChI is InChI=1S/C17H37NO3Si/c1-4-19-22(20-5-2,21-6-3)17-15-13-11-9-7-8-10-12-14-16-18/h16,18H,4-15,17H2,1-3H3. The average Bonchev–Trinajstić information content (AvgIpc) is 2.50. The Bertz CT molecular complexity index is 235. The van der Waals surface area contributed by atoms with Gasteiger partial charge in [-0.1, -0.05) is 38.5 Å². The fourth-order valence-electron chi connectivity index (χ4n) is 2.65. The molecule has 0 aromatic carbocycles. The van der Waals surface area contributed by atoms with Crippen molar-refractivity contribution in [1.29, 1.82) is 5.41 Å². The van der Waals surface area contributed by atoms with Gasteiger partial charge in [-0.2, -0.15) is 0 Å². The predicted molar refractivity (Wildman–Crippen MR) is 95.8 cm³/mol. The molecule has 0 spiro atoms. The summed E-state index contributed by atoms with van der Waals surface area (Å²) in [5, 5.41) is 6.98. The van der Waals surface area contributed by atoms with E-state index in [-0.39, 0.29) is 0 Å². The Hall–Kier alpha value is -0.233. The summed E-state index contributed by atoms with van der Waals surface area (Å²) < 4.78 is 17.6. The largest absolute Gasteiger partial charge is 0.500 e. The highest BCUT2D eigenvalue weighted by Gasteiger charge is 2.39. The lowest BCUT2D eigenvalue weighted by molar-refractivity contribution is 0.0706. The van der Waals surface area contributed by atoms with Crippen molar-refractivity contribution in [2.45, 2.75) is 84.6 Å². The van der Waals surface area contributed by atoms with Gasteiger partial charge in [0.25, 0.3) is 0 Å². The number of nitrogens with one attached hydrogen (secondary N) is 1. The van der Waals surface area contributed by atoms with Crippen LogP contribution in [0.3, 0.4) is 0 Å². The molecule has 0 aliphatic rings. The predicted octanol–water partition coefficient (Wildman–Crippen LogP) is 5.20. The molecule has 0 unspecified atom stereocenters. The summed E-state index contributed by atoms with van der Waals surface area (Å²) in [5.74, 6) is 0. The molecule has 0 amide bonds. The van der Waals surface area contributed by atoms with Gasteiger partial charge in [0.05, 0.1) is 0 Å². The monoisotopic (exact) mass is 331 g/mol. The molecule has 0 aliphatic carbocycles. The molecule has 0 atom stereocenters. The highest BCUT2D eigenvalue weighted by molar-refractivity contribution is 6.60. The van der Waals surface area contributed by atoms with E-state index >= 15 is 0 Å². The van der Waals surface area contributed by atoms with Gasteiger partial charge < -0.3 is 18.7 Å². The van der Waals surface area contributed by atoms with Gasteiger partial charge in [-0.25, -0.2) is 0 Å². The molecule has 0 aliphatic heterocycles. The zero-order chi connectivity index (χ0) is 16.5. The molecule has 1 N–H and O–H groups in total. The summed E-state index contributed by atoms with van der Waals surface area (Å²) in [6, 6.07) is 0.946. The minimum atomic E-state index is -2.41. The molecule has 0 fully saturated rings. The second-order valence-corrected chi connectivity index (χ2v) is 8.29. The van der Waals surface area contributed by atoms with Crippen LogP contribution in [0.2, 0.25) is 6.04 Å². The van der Waals surface area contributed by atoms with E-state index < -0.39 is 8.80 Å². The van der Waals surface area contributed by atoms with Crippen LogP contribution in [0, 0.1) is 5.41 Å². The van der Waals surface area contributed by atoms with Gasteiger partial charge in [0.1, 0.15) is 0 Å². The first-order valence-corrected chi connectivity index (χ1v) is 11.1. The molecule has 5 heteroatoms. The summed E-state index contributed by atoms with van der Waals surface area (Å²) in [6.45, 7) is 8.04. The lowest BCUT2D eigenvalue weighted by atomic mass is 10.1. The van der Waals surface area contributed by atoms with E-state index in [4.69, 9.17) is 18.7 Å². The molecular formula is C17H37NO3Si. The zero-order valence-corrected chi connectivity index (χ0v) is 16.0. The minimum absolute atomic E-state index is 0.669. The maximum Gasteiger partial charge on any atom is 0.500 e. The number of hydrogen-bond donors (Lipinski definition) is 1. The van der Waals surface area contributed by atoms with E-state index in [0.29, 0.717) is 19.8 Å². The summed E-state index contributed by atoms with van der Waals surface area (Å²) in [5.41, 5.74) is 0. The molecule has 132 valence electrons. The van der Waals surface area contributed by atoms with Crippen LogP contribution >= 0.6 is 0 Å². The third-order valence-corrected chi connectivity index (χ3v) is 6.83. The minimum Gasteiger partial charge on any atom is -0.374 e. The van der Waals surface area contributed by atoms with Gasteiger partial charge in [0.15, 0.2) is 0 Å². The second kappa shape index (κ2) is 15.7. The van der Waals surface area contributed by atoms with Crippen LogP contribution in [0.1, 0.15) is 78.6 Å². The Labute approximate surface area is 138 Å². The third kappa shape index (κ3) is 11.3. The van der Waals surface area contributed by atoms with Crippen molar-refractivity contribution < 1.29 is 13.3 Å². The van der Waals surface area contributed by atoms with Crippen molar-refractivity contribution in [2.24, 2.45) is 0 Å². The first kappa shape index (κ1) is 21.8. The van der Waals surface area contributed by atoms with Crippen LogP contribution in [0.4, 0.5) is 0 Å². The van der Waals surface area contributed by atoms with Crippen LogP contribution in [0.15, 0.2) is 0 Å². The maximum absolute atomic E-state index is 6.98. The van der Waals surface area contributed by atoms with E-state index in [0.717, 1.165) is 18.9 Å². The Morgan fingerprint density at radius 2 is 1.09 bits per heavy atom. The van der Waals surface area contributed by atoms with Gasteiger partial charge >= 0.3 is 8.80 Å². The Morgan fingerprint density at radius 1 is 0.682 bits per heavy atom. The lowest BCUT2D eigenvalue weighted by Crippen LogP contribution is -2.45. The molecule has 0 saturated carbocycles. The van der Waals surface area contributed by atoms with Crippen molar-refractivity contribution in [3.63, 3.8) is 0 Å². The van der Waals surface area contributed by atoms with Crippen molar-refractivity contribution in [2.75, 3.05) is 19.8 Å². The van der Waals surface area contributed by atoms with E-state index in [9.17, 15) is 0 Å². The molecular weight excluding hydrogens is 294 g/mol. The molecule has 0 aromatic heterocycles. The zero-order valence-electron chi connectivity index (χ0n) is 15.0. The summed E-state index contributed by atoms with van der Waals surface area (Å²) in [4.78, 5) is 0. The van der Waals surface area contributed by atoms with Crippen molar-refractivity contribution >= 4 is 15.0 Å². The summed E-state index contributed by atoms with van der Waals surface area (Å²) >= 11 is 0. The average molecular weight is 332 g/mol. The second-order valence-electron chi connectivity index (χ2n) is 5.55. The van der Waals surface area contributed by atoms with Crippen LogP contribution < -0.4 is 0 Å². The van der Waals surface area contributed by atoms with Gasteiger partial charge in [-0.15, -0.1) is 0 Å². The number of unbranched alkanes of at least 4 members (excludes halogenated alkanes) is 8. The highest BCUT2D eigenvalue weighted by Crippen LogP contribution is 2.20. The fraction of sp³-hybridized carbons (Fsp3) is 0.941. The van der Waals surface area contributed by atoms with Crippen molar-refractivity contribution in [3.05, 3.63) is 0 Å². The van der Waals surface area contributed by atoms with Gasteiger partial charge in [-0.3, -0.25) is 0 Å². The highest BCUT2D eigenvalue weighted by atomic mass is 28.4. The molecule has 22 heavy (non-hydrogen) atoms. The molecule has 0 rings (SSSR count). The van der Waals surface area contributed by atoms with E-state index in [1.807, 2.05) is 20.8 Å². The van der Waals surface area contributed by atoms with Crippen LogP contribution in [-0.2, 0) is 13.3 Å². The lowest BCUT2D eigenvalue weighted by Gasteiger charge is -2.28. The van der Waals surface area contributed by atoms with Gasteiger partial charge in [0, 0.05) is 25.9 Å². The Morgan fingerprint density at radius 3 is 1.50 bits per heavy atom. The van der Waals surface area contributed by atoms with Crippen molar-refractivity contribution in [1.82, 2.24) is 0 Å². The smallest absolute Gasteiger partial charge is 0.374 e. The molecule has 0 radical (unpaired) electrons. The Balaban J connectivity index is 3.72. The molecule has 0 heterocycles. The quantitative estimate of drug-likeness (QED) is 0.226. The summed E-state index contributed by atoms with van der Waals surface area (Å²) in [7, 11) is -2.41.